The Morgan fingerprint density at radius 2 is 2.00 bits per heavy atom. The number of amides is 1. The van der Waals surface area contributed by atoms with Crippen LogP contribution in [0.4, 0.5) is 0 Å². The molecule has 0 saturated heterocycles. The van der Waals surface area contributed by atoms with Crippen LogP contribution in [0.25, 0.3) is 0 Å². The molecule has 1 rings (SSSR count). The lowest BCUT2D eigenvalue weighted by atomic mass is 9.82. The first kappa shape index (κ1) is 15.7. The van der Waals surface area contributed by atoms with Crippen molar-refractivity contribution in [3.8, 4) is 0 Å². The highest BCUT2D eigenvalue weighted by Gasteiger charge is 2.34. The van der Waals surface area contributed by atoms with Gasteiger partial charge in [-0.2, -0.15) is 0 Å². The molecule has 0 radical (unpaired) electrons. The van der Waals surface area contributed by atoms with Crippen LogP contribution in [0.3, 0.4) is 0 Å². The SMILES string of the molecule is CCCC(COC)NC(=O)C1CC=CCC1C(=O)O. The molecule has 1 aliphatic rings. The van der Waals surface area contributed by atoms with E-state index in [0.717, 1.165) is 12.8 Å². The van der Waals surface area contributed by atoms with Gasteiger partial charge in [-0.3, -0.25) is 9.59 Å². The van der Waals surface area contributed by atoms with Crippen LogP contribution in [0.15, 0.2) is 12.2 Å². The van der Waals surface area contributed by atoms with Gasteiger partial charge in [-0.1, -0.05) is 25.5 Å². The number of nitrogens with one attached hydrogen (secondary N) is 1. The lowest BCUT2D eigenvalue weighted by Crippen LogP contribution is -2.45. The Morgan fingerprint density at radius 3 is 2.53 bits per heavy atom. The number of carbonyl (C=O) groups is 2. The molecule has 3 unspecified atom stereocenters. The summed E-state index contributed by atoms with van der Waals surface area (Å²) in [7, 11) is 1.60. The van der Waals surface area contributed by atoms with Crippen molar-refractivity contribution in [2.75, 3.05) is 13.7 Å². The van der Waals surface area contributed by atoms with E-state index in [1.54, 1.807) is 7.11 Å². The number of carboxylic acid groups (broad SMARTS) is 1. The molecule has 0 fully saturated rings. The monoisotopic (exact) mass is 269 g/mol. The first-order chi connectivity index (χ1) is 9.10. The lowest BCUT2D eigenvalue weighted by Gasteiger charge is -2.26. The zero-order chi connectivity index (χ0) is 14.3. The van der Waals surface area contributed by atoms with Gasteiger partial charge in [0, 0.05) is 7.11 Å². The van der Waals surface area contributed by atoms with Crippen molar-refractivity contribution in [1.29, 1.82) is 0 Å². The summed E-state index contributed by atoms with van der Waals surface area (Å²) in [5, 5.41) is 12.1. The summed E-state index contributed by atoms with van der Waals surface area (Å²) in [5.41, 5.74) is 0. The second-order valence-electron chi connectivity index (χ2n) is 4.94. The highest BCUT2D eigenvalue weighted by molar-refractivity contribution is 5.85. The Kier molecular flexibility index (Phi) is 6.56. The van der Waals surface area contributed by atoms with E-state index in [1.807, 2.05) is 19.1 Å². The molecule has 108 valence electrons. The topological polar surface area (TPSA) is 75.6 Å². The largest absolute Gasteiger partial charge is 0.481 e. The molecular weight excluding hydrogens is 246 g/mol. The summed E-state index contributed by atoms with van der Waals surface area (Å²) >= 11 is 0. The summed E-state index contributed by atoms with van der Waals surface area (Å²) in [6.07, 6.45) is 6.42. The fraction of sp³-hybridized carbons (Fsp3) is 0.714. The van der Waals surface area contributed by atoms with Crippen LogP contribution in [0.5, 0.6) is 0 Å². The van der Waals surface area contributed by atoms with Gasteiger partial charge in [-0.15, -0.1) is 0 Å². The van der Waals surface area contributed by atoms with Crippen LogP contribution >= 0.6 is 0 Å². The third-order valence-electron chi connectivity index (χ3n) is 3.44. The Morgan fingerprint density at radius 1 is 1.37 bits per heavy atom. The smallest absolute Gasteiger partial charge is 0.307 e. The van der Waals surface area contributed by atoms with Crippen molar-refractivity contribution in [3.05, 3.63) is 12.2 Å². The van der Waals surface area contributed by atoms with E-state index in [4.69, 9.17) is 9.84 Å². The predicted octanol–water partition coefficient (Wildman–Crippen LogP) is 1.58. The van der Waals surface area contributed by atoms with E-state index in [0.29, 0.717) is 19.4 Å². The molecule has 5 nitrogen and oxygen atoms in total. The minimum Gasteiger partial charge on any atom is -0.481 e. The van der Waals surface area contributed by atoms with E-state index < -0.39 is 17.8 Å². The van der Waals surface area contributed by atoms with Crippen LogP contribution in [0, 0.1) is 11.8 Å². The van der Waals surface area contributed by atoms with Crippen LogP contribution in [0.1, 0.15) is 32.6 Å². The van der Waals surface area contributed by atoms with E-state index in [1.165, 1.54) is 0 Å². The number of allylic oxidation sites excluding steroid dienone is 2. The average Bonchev–Trinajstić information content (AvgIpc) is 2.39. The second kappa shape index (κ2) is 7.94. The second-order valence-corrected chi connectivity index (χ2v) is 4.94. The normalized spacial score (nSPS) is 23.9. The van der Waals surface area contributed by atoms with E-state index in [9.17, 15) is 9.59 Å². The Labute approximate surface area is 114 Å². The fourth-order valence-electron chi connectivity index (χ4n) is 2.43. The molecule has 0 aliphatic heterocycles. The maximum absolute atomic E-state index is 12.2. The molecule has 0 heterocycles. The number of methoxy groups -OCH3 is 1. The fourth-order valence-corrected chi connectivity index (χ4v) is 2.43. The molecule has 3 atom stereocenters. The Bertz CT molecular complexity index is 334. The quantitative estimate of drug-likeness (QED) is 0.688. The summed E-state index contributed by atoms with van der Waals surface area (Å²) < 4.78 is 5.07. The van der Waals surface area contributed by atoms with Gasteiger partial charge < -0.3 is 15.2 Å². The highest BCUT2D eigenvalue weighted by atomic mass is 16.5. The van der Waals surface area contributed by atoms with Crippen LogP contribution in [-0.2, 0) is 14.3 Å². The number of carbonyl (C=O) groups excluding carboxylic acids is 1. The molecule has 0 aromatic heterocycles. The average molecular weight is 269 g/mol. The molecule has 0 aromatic rings. The molecule has 19 heavy (non-hydrogen) atoms. The number of aliphatic carboxylic acids is 1. The molecule has 0 spiro atoms. The predicted molar refractivity (Wildman–Crippen MR) is 71.7 cm³/mol. The first-order valence-electron chi connectivity index (χ1n) is 6.77. The van der Waals surface area contributed by atoms with E-state index >= 15 is 0 Å². The van der Waals surface area contributed by atoms with Crippen molar-refractivity contribution in [1.82, 2.24) is 5.32 Å². The molecule has 5 heteroatoms. The van der Waals surface area contributed by atoms with Gasteiger partial charge in [0.15, 0.2) is 0 Å². The molecule has 0 saturated carbocycles. The summed E-state index contributed by atoms with van der Waals surface area (Å²) in [6.45, 7) is 2.50. The Balaban J connectivity index is 2.63. The van der Waals surface area contributed by atoms with Gasteiger partial charge in [0.1, 0.15) is 0 Å². The maximum atomic E-state index is 12.2. The molecular formula is C14H23NO4. The van der Waals surface area contributed by atoms with E-state index in [2.05, 4.69) is 5.32 Å². The van der Waals surface area contributed by atoms with Crippen molar-refractivity contribution in [2.24, 2.45) is 11.8 Å². The third-order valence-corrected chi connectivity index (χ3v) is 3.44. The molecule has 0 aromatic carbocycles. The standard InChI is InChI=1S/C14H23NO4/c1-3-6-10(9-19-2)15-13(16)11-7-4-5-8-12(11)14(17)18/h4-5,10-12H,3,6-9H2,1-2H3,(H,15,16)(H,17,18). The van der Waals surface area contributed by atoms with Gasteiger partial charge >= 0.3 is 5.97 Å². The summed E-state index contributed by atoms with van der Waals surface area (Å²) in [4.78, 5) is 23.4. The van der Waals surface area contributed by atoms with Crippen LogP contribution in [0.2, 0.25) is 0 Å². The zero-order valence-corrected chi connectivity index (χ0v) is 11.6. The van der Waals surface area contributed by atoms with Gasteiger partial charge in [0.05, 0.1) is 24.5 Å². The highest BCUT2D eigenvalue weighted by Crippen LogP contribution is 2.26. The van der Waals surface area contributed by atoms with Crippen LogP contribution < -0.4 is 5.32 Å². The summed E-state index contributed by atoms with van der Waals surface area (Å²) in [5.74, 6) is -2.16. The van der Waals surface area contributed by atoms with Crippen molar-refractivity contribution >= 4 is 11.9 Å². The third kappa shape index (κ3) is 4.67. The first-order valence-corrected chi connectivity index (χ1v) is 6.77. The van der Waals surface area contributed by atoms with Crippen molar-refractivity contribution in [2.45, 2.75) is 38.6 Å². The Hall–Kier alpha value is -1.36. The number of hydrogen-bond acceptors (Lipinski definition) is 3. The lowest BCUT2D eigenvalue weighted by molar-refractivity contribution is -0.147. The van der Waals surface area contributed by atoms with Gasteiger partial charge in [0.25, 0.3) is 0 Å². The number of ether oxygens (including phenoxy) is 1. The van der Waals surface area contributed by atoms with Crippen LogP contribution in [-0.4, -0.2) is 36.7 Å². The molecule has 1 amide bonds. The molecule has 0 bridgehead atoms. The van der Waals surface area contributed by atoms with Crippen molar-refractivity contribution in [3.63, 3.8) is 0 Å². The van der Waals surface area contributed by atoms with Gasteiger partial charge in [-0.25, -0.2) is 0 Å². The van der Waals surface area contributed by atoms with Gasteiger partial charge in [-0.05, 0) is 19.3 Å². The van der Waals surface area contributed by atoms with Crippen molar-refractivity contribution < 1.29 is 19.4 Å². The summed E-state index contributed by atoms with van der Waals surface area (Å²) in [6, 6.07) is -0.0390. The number of hydrogen-bond donors (Lipinski definition) is 2. The number of carboxylic acids is 1. The number of rotatable bonds is 7. The molecule has 1 aliphatic carbocycles. The zero-order valence-electron chi connectivity index (χ0n) is 11.6. The van der Waals surface area contributed by atoms with Gasteiger partial charge in [0.2, 0.25) is 5.91 Å². The minimum atomic E-state index is -0.900. The van der Waals surface area contributed by atoms with E-state index in [-0.39, 0.29) is 11.9 Å². The minimum absolute atomic E-state index is 0.0390. The molecule has 2 N–H and O–H groups in total. The maximum Gasteiger partial charge on any atom is 0.307 e.